The third kappa shape index (κ3) is 7.14. The second kappa shape index (κ2) is 11.9. The molecule has 0 aromatic carbocycles. The Labute approximate surface area is 222 Å². The molecule has 0 aromatic rings. The number of carbonyl (C=O) groups is 1. The first-order valence-corrected chi connectivity index (χ1v) is 10.1. The second-order valence-electron chi connectivity index (χ2n) is 8.16. The lowest BCUT2D eigenvalue weighted by Crippen LogP contribution is -2.70. The number of hydrogen-bond acceptors (Lipinski definition) is 3. The van der Waals surface area contributed by atoms with E-state index in [1.807, 2.05) is 0 Å². The Morgan fingerprint density at radius 3 is 1.21 bits per heavy atom. The van der Waals surface area contributed by atoms with Crippen LogP contribution in [0.1, 0.15) is 12.8 Å². The average molecular weight is 694 g/mol. The fraction of sp³-hybridized carbons (Fsp3) is 0.833. The summed E-state index contributed by atoms with van der Waals surface area (Å²) in [7, 11) is 0. The van der Waals surface area contributed by atoms with Gasteiger partial charge in [-0.15, -0.1) is 0 Å². The fourth-order valence-electron chi connectivity index (χ4n) is 2.87. The monoisotopic (exact) mass is 694 g/mol. The highest BCUT2D eigenvalue weighted by Crippen LogP contribution is 2.61. The van der Waals surface area contributed by atoms with Crippen molar-refractivity contribution < 1.29 is 111 Å². The third-order valence-corrected chi connectivity index (χ3v) is 5.14. The first kappa shape index (κ1) is 40.6. The van der Waals surface area contributed by atoms with E-state index in [2.05, 4.69) is 16.1 Å². The van der Waals surface area contributed by atoms with E-state index < -0.39 is 97.9 Å². The fourth-order valence-corrected chi connectivity index (χ4v) is 2.87. The molecule has 3 nitrogen and oxygen atoms in total. The minimum Gasteiger partial charge on any atom is -0.457 e. The molecule has 0 aliphatic rings. The Morgan fingerprint density at radius 2 is 0.907 bits per heavy atom. The van der Waals surface area contributed by atoms with E-state index in [4.69, 9.17) is 0 Å². The predicted molar refractivity (Wildman–Crippen MR) is 91.8 cm³/mol. The lowest BCUT2D eigenvalue weighted by Gasteiger charge is -2.40. The molecule has 0 N–H and O–H groups in total. The SMILES string of the molecule is C=CC(=O)OC(COCCC(F)(F)C(F)(F)C(F)(C(F)(F)F)C(F)(F)F)CC(F)(F)C(F)(F)C(F)(C(F)(F)F)C(F)(F)F. The summed E-state index contributed by atoms with van der Waals surface area (Å²) in [6, 6.07) is 0. The minimum absolute atomic E-state index is 0.0715. The van der Waals surface area contributed by atoms with Gasteiger partial charge in [0.05, 0.1) is 19.6 Å². The number of alkyl halides is 22. The van der Waals surface area contributed by atoms with Gasteiger partial charge in [0.25, 0.3) is 0 Å². The molecule has 0 saturated carbocycles. The van der Waals surface area contributed by atoms with Gasteiger partial charge < -0.3 is 9.47 Å². The summed E-state index contributed by atoms with van der Waals surface area (Å²) in [5.41, 5.74) is -15.9. The van der Waals surface area contributed by atoms with E-state index in [1.165, 1.54) is 0 Å². The highest BCUT2D eigenvalue weighted by molar-refractivity contribution is 5.81. The number of rotatable bonds is 13. The summed E-state index contributed by atoms with van der Waals surface area (Å²) >= 11 is 0. The van der Waals surface area contributed by atoms with Crippen LogP contribution in [-0.4, -0.2) is 85.0 Å². The molecule has 0 spiro atoms. The van der Waals surface area contributed by atoms with Gasteiger partial charge >= 0.3 is 65.7 Å². The highest BCUT2D eigenvalue weighted by Gasteiger charge is 2.91. The van der Waals surface area contributed by atoms with E-state index in [1.54, 1.807) is 0 Å². The maximum atomic E-state index is 14.0. The average Bonchev–Trinajstić information content (AvgIpc) is 2.76. The molecule has 25 heteroatoms. The Balaban J connectivity index is 6.18. The van der Waals surface area contributed by atoms with Crippen molar-refractivity contribution in [2.24, 2.45) is 0 Å². The van der Waals surface area contributed by atoms with Crippen molar-refractivity contribution >= 4 is 5.97 Å². The van der Waals surface area contributed by atoms with Gasteiger partial charge in [0, 0.05) is 12.5 Å². The minimum atomic E-state index is -8.01. The molecule has 0 fully saturated rings. The third-order valence-electron chi connectivity index (χ3n) is 5.14. The Kier molecular flexibility index (Phi) is 11.2. The molecule has 0 bridgehead atoms. The van der Waals surface area contributed by atoms with Crippen molar-refractivity contribution in [3.8, 4) is 0 Å². The van der Waals surface area contributed by atoms with E-state index >= 15 is 0 Å². The Bertz CT molecular complexity index is 944. The Hall–Kier alpha value is -2.37. The molecule has 0 heterocycles. The van der Waals surface area contributed by atoms with Gasteiger partial charge in [-0.25, -0.2) is 13.6 Å². The summed E-state index contributed by atoms with van der Waals surface area (Å²) in [6.45, 7) is -2.04. The van der Waals surface area contributed by atoms with Crippen molar-refractivity contribution in [2.45, 2.75) is 78.7 Å². The first-order valence-electron chi connectivity index (χ1n) is 10.1. The van der Waals surface area contributed by atoms with Gasteiger partial charge in [-0.3, -0.25) is 0 Å². The summed E-state index contributed by atoms with van der Waals surface area (Å²) in [5.74, 6) is -31.2. The van der Waals surface area contributed by atoms with E-state index in [0.29, 0.717) is 0 Å². The predicted octanol–water partition coefficient (Wildman–Crippen LogP) is 8.09. The largest absolute Gasteiger partial charge is 0.457 e. The molecule has 0 aliphatic heterocycles. The quantitative estimate of drug-likeness (QED) is 0.0847. The van der Waals surface area contributed by atoms with Gasteiger partial charge in [-0.05, 0) is 0 Å². The van der Waals surface area contributed by atoms with Gasteiger partial charge in [0.1, 0.15) is 6.10 Å². The molecule has 1 unspecified atom stereocenters. The van der Waals surface area contributed by atoms with Gasteiger partial charge in [-0.1, -0.05) is 6.58 Å². The number of esters is 1. The lowest BCUT2D eigenvalue weighted by atomic mass is 9.88. The van der Waals surface area contributed by atoms with E-state index in [9.17, 15) is 101 Å². The van der Waals surface area contributed by atoms with Crippen LogP contribution in [0.25, 0.3) is 0 Å². The standard InChI is InChI=1S/C18H12F22O3/c1-2-8(41)43-7(5-10(21,22)14(27,28)12(24,17(35,36)37)18(38,39)40)6-42-4-3-9(19,20)13(25,26)11(23,15(29,30)31)16(32,33)34/h2,7H,1,3-6H2. The highest BCUT2D eigenvalue weighted by atomic mass is 19.4. The molecule has 43 heavy (non-hydrogen) atoms. The molecule has 0 radical (unpaired) electrons. The van der Waals surface area contributed by atoms with Crippen LogP contribution in [0.2, 0.25) is 0 Å². The van der Waals surface area contributed by atoms with Crippen molar-refractivity contribution in [1.82, 2.24) is 0 Å². The van der Waals surface area contributed by atoms with Crippen LogP contribution >= 0.6 is 0 Å². The zero-order valence-electron chi connectivity index (χ0n) is 19.7. The van der Waals surface area contributed by atoms with Crippen LogP contribution in [0, 0.1) is 0 Å². The summed E-state index contributed by atoms with van der Waals surface area (Å²) in [6.07, 6.45) is -40.9. The molecule has 0 saturated heterocycles. The lowest BCUT2D eigenvalue weighted by molar-refractivity contribution is -0.428. The molecular formula is C18H12F22O3. The molecule has 1 atom stereocenters. The number of ether oxygens (including phenoxy) is 2. The van der Waals surface area contributed by atoms with Crippen molar-refractivity contribution in [1.29, 1.82) is 0 Å². The van der Waals surface area contributed by atoms with Crippen LogP contribution in [0.5, 0.6) is 0 Å². The van der Waals surface area contributed by atoms with Crippen LogP contribution < -0.4 is 0 Å². The summed E-state index contributed by atoms with van der Waals surface area (Å²) in [5, 5.41) is 0. The number of carbonyl (C=O) groups excluding carboxylic acids is 1. The van der Waals surface area contributed by atoms with Crippen LogP contribution in [0.4, 0.5) is 96.6 Å². The zero-order valence-corrected chi connectivity index (χ0v) is 19.7. The Morgan fingerprint density at radius 1 is 0.581 bits per heavy atom. The molecule has 256 valence electrons. The maximum absolute atomic E-state index is 14.0. The first-order chi connectivity index (χ1) is 18.5. The van der Waals surface area contributed by atoms with Gasteiger partial charge in [0.2, 0.25) is 0 Å². The molecule has 0 rings (SSSR count). The number of halogens is 22. The topological polar surface area (TPSA) is 35.5 Å². The van der Waals surface area contributed by atoms with E-state index in [-0.39, 0.29) is 6.08 Å². The van der Waals surface area contributed by atoms with Crippen LogP contribution in [0.3, 0.4) is 0 Å². The molecule has 0 amide bonds. The maximum Gasteiger partial charge on any atom is 0.438 e. The normalized spacial score (nSPS) is 16.2. The van der Waals surface area contributed by atoms with Crippen molar-refractivity contribution in [3.05, 3.63) is 12.7 Å². The smallest absolute Gasteiger partial charge is 0.438 e. The zero-order chi connectivity index (χ0) is 35.1. The molecule has 0 aromatic heterocycles. The summed E-state index contributed by atoms with van der Waals surface area (Å²) < 4.78 is 295. The van der Waals surface area contributed by atoms with E-state index in [0.717, 1.165) is 0 Å². The van der Waals surface area contributed by atoms with Gasteiger partial charge in [-0.2, -0.15) is 87.8 Å². The van der Waals surface area contributed by atoms with Crippen LogP contribution in [0.15, 0.2) is 12.7 Å². The summed E-state index contributed by atoms with van der Waals surface area (Å²) in [4.78, 5) is 11.2. The molecule has 0 aliphatic carbocycles. The van der Waals surface area contributed by atoms with Crippen molar-refractivity contribution in [3.63, 3.8) is 0 Å². The van der Waals surface area contributed by atoms with Gasteiger partial charge in [0.15, 0.2) is 0 Å². The number of hydrogen-bond donors (Lipinski definition) is 0. The van der Waals surface area contributed by atoms with Crippen molar-refractivity contribution in [2.75, 3.05) is 13.2 Å². The second-order valence-corrected chi connectivity index (χ2v) is 8.16. The van der Waals surface area contributed by atoms with Crippen LogP contribution in [-0.2, 0) is 14.3 Å². The molecular weight excluding hydrogens is 682 g/mol.